The fraction of sp³-hybridized carbons (Fsp3) is 0.375. The molecule has 4 rings (SSSR count). The number of nitrogens with zero attached hydrogens (tertiary/aromatic N) is 1. The first-order chi connectivity index (χ1) is 16.1. The van der Waals surface area contributed by atoms with E-state index in [1.165, 1.54) is 12.1 Å². The normalized spacial score (nSPS) is 16.6. The van der Waals surface area contributed by atoms with E-state index >= 15 is 0 Å². The zero-order valence-corrected chi connectivity index (χ0v) is 19.9. The number of para-hydroxylation sites is 1. The molecule has 1 aliphatic heterocycles. The highest BCUT2D eigenvalue weighted by atomic mass is 35.5. The Kier molecular flexibility index (Phi) is 7.47. The van der Waals surface area contributed by atoms with Crippen LogP contribution in [0.4, 0.5) is 13.2 Å². The molecule has 1 saturated heterocycles. The highest BCUT2D eigenvalue weighted by molar-refractivity contribution is 7.91. The molecule has 1 aromatic heterocycles. The first-order valence-corrected chi connectivity index (χ1v) is 12.7. The summed E-state index contributed by atoms with van der Waals surface area (Å²) in [6.45, 7) is 2.15. The largest absolute Gasteiger partial charge is 0.616 e. The van der Waals surface area contributed by atoms with Gasteiger partial charge in [-0.1, -0.05) is 28.8 Å². The molecule has 1 unspecified atom stereocenters. The van der Waals surface area contributed by atoms with Crippen molar-refractivity contribution in [3.63, 3.8) is 0 Å². The van der Waals surface area contributed by atoms with E-state index in [1.54, 1.807) is 24.5 Å². The second-order valence-corrected chi connectivity index (χ2v) is 10.3. The van der Waals surface area contributed by atoms with Crippen molar-refractivity contribution in [2.75, 3.05) is 32.5 Å². The molecule has 1 atom stereocenters. The maximum atomic E-state index is 13.4. The van der Waals surface area contributed by atoms with Gasteiger partial charge in [0.1, 0.15) is 23.4 Å². The van der Waals surface area contributed by atoms with Crippen LogP contribution < -0.4 is 10.2 Å². The number of hydrogen-bond donors (Lipinski definition) is 0. The van der Waals surface area contributed by atoms with Crippen LogP contribution in [0, 0.1) is 0 Å². The molecule has 0 bridgehead atoms. The molecule has 1 aliphatic rings. The quantitative estimate of drug-likeness (QED) is 0.415. The van der Waals surface area contributed by atoms with E-state index in [-0.39, 0.29) is 50.4 Å². The van der Waals surface area contributed by atoms with Gasteiger partial charge in [0.2, 0.25) is 0 Å². The smallest absolute Gasteiger partial charge is 0.416 e. The fourth-order valence-corrected chi connectivity index (χ4v) is 5.13. The van der Waals surface area contributed by atoms with Gasteiger partial charge in [-0.25, -0.2) is 0 Å². The SMILES string of the molecule is C[S+]([O-])C1CCN(CCOc2cc(C(F)(F)F)ccc2-c2cc(=O)c3cccc(Cl)c3o2)CC1. The summed E-state index contributed by atoms with van der Waals surface area (Å²) in [4.78, 5) is 14.7. The molecule has 34 heavy (non-hydrogen) atoms. The maximum absolute atomic E-state index is 13.4. The van der Waals surface area contributed by atoms with Crippen molar-refractivity contribution in [3.05, 3.63) is 63.3 Å². The monoisotopic (exact) mass is 513 g/mol. The lowest BCUT2D eigenvalue weighted by Crippen LogP contribution is -2.40. The van der Waals surface area contributed by atoms with E-state index in [9.17, 15) is 22.5 Å². The predicted molar refractivity (Wildman–Crippen MR) is 127 cm³/mol. The van der Waals surface area contributed by atoms with Gasteiger partial charge in [0.25, 0.3) is 0 Å². The Morgan fingerprint density at radius 1 is 1.21 bits per heavy atom. The molecule has 0 radical (unpaired) electrons. The zero-order valence-electron chi connectivity index (χ0n) is 18.4. The molecule has 1 fully saturated rings. The van der Waals surface area contributed by atoms with E-state index in [4.69, 9.17) is 20.8 Å². The van der Waals surface area contributed by atoms with Crippen molar-refractivity contribution < 1.29 is 26.9 Å². The van der Waals surface area contributed by atoms with Gasteiger partial charge in [-0.05, 0) is 30.3 Å². The summed E-state index contributed by atoms with van der Waals surface area (Å²) in [5.74, 6) is 0.0366. The van der Waals surface area contributed by atoms with E-state index in [1.807, 2.05) is 0 Å². The highest BCUT2D eigenvalue weighted by Crippen LogP contribution is 2.38. The van der Waals surface area contributed by atoms with E-state index in [2.05, 4.69) is 4.90 Å². The minimum Gasteiger partial charge on any atom is -0.616 e. The summed E-state index contributed by atoms with van der Waals surface area (Å²) >= 11 is 5.31. The Morgan fingerprint density at radius 2 is 1.94 bits per heavy atom. The van der Waals surface area contributed by atoms with Crippen LogP contribution in [-0.4, -0.2) is 47.2 Å². The summed E-state index contributed by atoms with van der Waals surface area (Å²) in [7, 11) is 0. The summed E-state index contributed by atoms with van der Waals surface area (Å²) in [6, 6.07) is 9.06. The van der Waals surface area contributed by atoms with Crippen LogP contribution in [0.15, 0.2) is 51.7 Å². The van der Waals surface area contributed by atoms with Crippen molar-refractivity contribution >= 4 is 33.7 Å². The van der Waals surface area contributed by atoms with Gasteiger partial charge in [0.05, 0.1) is 27.8 Å². The van der Waals surface area contributed by atoms with Crippen LogP contribution in [0.5, 0.6) is 5.75 Å². The Labute approximate surface area is 202 Å². The van der Waals surface area contributed by atoms with Crippen LogP contribution in [0.2, 0.25) is 5.02 Å². The summed E-state index contributed by atoms with van der Waals surface area (Å²) in [5.41, 5.74) is -0.833. The van der Waals surface area contributed by atoms with Gasteiger partial charge in [0, 0.05) is 38.5 Å². The molecule has 3 aromatic rings. The van der Waals surface area contributed by atoms with Gasteiger partial charge in [-0.2, -0.15) is 13.2 Å². The number of likely N-dealkylation sites (tertiary alicyclic amines) is 1. The first-order valence-electron chi connectivity index (χ1n) is 10.7. The number of fused-ring (bicyclic) bond motifs is 1. The third-order valence-corrected chi connectivity index (χ3v) is 7.66. The van der Waals surface area contributed by atoms with Crippen LogP contribution in [-0.2, 0) is 17.4 Å². The highest BCUT2D eigenvalue weighted by Gasteiger charge is 2.32. The number of benzene rings is 2. The Morgan fingerprint density at radius 3 is 2.62 bits per heavy atom. The van der Waals surface area contributed by atoms with Crippen molar-refractivity contribution in [2.24, 2.45) is 0 Å². The lowest BCUT2D eigenvalue weighted by atomic mass is 10.1. The lowest BCUT2D eigenvalue weighted by Gasteiger charge is -2.31. The molecule has 10 heteroatoms. The van der Waals surface area contributed by atoms with Gasteiger partial charge >= 0.3 is 6.18 Å². The minimum atomic E-state index is -4.55. The van der Waals surface area contributed by atoms with Crippen molar-refractivity contribution in [1.82, 2.24) is 4.90 Å². The van der Waals surface area contributed by atoms with Crippen molar-refractivity contribution in [2.45, 2.75) is 24.3 Å². The van der Waals surface area contributed by atoms with Crippen LogP contribution >= 0.6 is 11.6 Å². The molecule has 182 valence electrons. The van der Waals surface area contributed by atoms with Gasteiger partial charge in [-0.3, -0.25) is 9.69 Å². The minimum absolute atomic E-state index is 0.0334. The number of rotatable bonds is 6. The van der Waals surface area contributed by atoms with Crippen LogP contribution in [0.25, 0.3) is 22.3 Å². The topological polar surface area (TPSA) is 65.7 Å². The molecule has 0 N–H and O–H groups in total. The molecule has 0 spiro atoms. The molecule has 2 heterocycles. The number of halogens is 4. The molecule has 0 saturated carbocycles. The second-order valence-electron chi connectivity index (χ2n) is 8.19. The third kappa shape index (κ3) is 5.54. The van der Waals surface area contributed by atoms with Crippen molar-refractivity contribution in [3.8, 4) is 17.1 Å². The molecule has 0 amide bonds. The summed E-state index contributed by atoms with van der Waals surface area (Å²) in [5, 5.41) is 0.680. The van der Waals surface area contributed by atoms with E-state index in [0.29, 0.717) is 6.54 Å². The van der Waals surface area contributed by atoms with E-state index < -0.39 is 22.9 Å². The third-order valence-electron chi connectivity index (χ3n) is 5.95. The molecule has 2 aromatic carbocycles. The predicted octanol–water partition coefficient (Wildman–Crippen LogP) is 5.35. The molecule has 5 nitrogen and oxygen atoms in total. The Balaban J connectivity index is 1.60. The number of piperidine rings is 1. The fourth-order valence-electron chi connectivity index (χ4n) is 4.05. The summed E-state index contributed by atoms with van der Waals surface area (Å²) < 4.78 is 63.4. The molecular weight excluding hydrogens is 491 g/mol. The number of alkyl halides is 3. The van der Waals surface area contributed by atoms with Crippen LogP contribution in [0.1, 0.15) is 18.4 Å². The Bertz CT molecular complexity index is 1220. The molecular formula is C24H23ClF3NO4S. The van der Waals surface area contributed by atoms with Gasteiger partial charge < -0.3 is 13.7 Å². The molecule has 0 aliphatic carbocycles. The van der Waals surface area contributed by atoms with Crippen molar-refractivity contribution in [1.29, 1.82) is 0 Å². The lowest BCUT2D eigenvalue weighted by molar-refractivity contribution is -0.137. The first kappa shape index (κ1) is 24.9. The van der Waals surface area contributed by atoms with Gasteiger partial charge in [0.15, 0.2) is 11.0 Å². The maximum Gasteiger partial charge on any atom is 0.416 e. The number of ether oxygens (including phenoxy) is 1. The van der Waals surface area contributed by atoms with E-state index in [0.717, 1.165) is 38.1 Å². The Hall–Kier alpha value is -2.20. The number of hydrogen-bond acceptors (Lipinski definition) is 5. The van der Waals surface area contributed by atoms with Gasteiger partial charge in [-0.15, -0.1) is 0 Å². The standard InChI is InChI=1S/C24H23ClF3NO4S/c1-34(31)16-7-9-29(10-8-16)11-12-32-21-13-15(24(26,27)28)5-6-18(21)22-14-20(30)17-3-2-4-19(25)23(17)33-22/h2-6,13-14,16H,7-12H2,1H3. The van der Waals surface area contributed by atoms with Crippen LogP contribution in [0.3, 0.4) is 0 Å². The average molecular weight is 514 g/mol. The average Bonchev–Trinajstić information content (AvgIpc) is 2.79. The summed E-state index contributed by atoms with van der Waals surface area (Å²) in [6.07, 6.45) is -1.24. The zero-order chi connectivity index (χ0) is 24.5. The second kappa shape index (κ2) is 10.2.